The molecule has 1 amide bonds. The van der Waals surface area contributed by atoms with Crippen molar-refractivity contribution in [2.45, 2.75) is 6.04 Å². The number of quaternary nitrogens is 1. The lowest BCUT2D eigenvalue weighted by Gasteiger charge is -2.23. The summed E-state index contributed by atoms with van der Waals surface area (Å²) in [5.74, 6) is -0.219. The highest BCUT2D eigenvalue weighted by Gasteiger charge is 2.20. The van der Waals surface area contributed by atoms with Crippen LogP contribution in [-0.2, 0) is 0 Å². The Morgan fingerprint density at radius 3 is 2.32 bits per heavy atom. The van der Waals surface area contributed by atoms with Gasteiger partial charge in [-0.3, -0.25) is 4.79 Å². The molecule has 0 spiro atoms. The van der Waals surface area contributed by atoms with Crippen molar-refractivity contribution < 1.29 is 9.69 Å². The van der Waals surface area contributed by atoms with Gasteiger partial charge in [0.1, 0.15) is 6.04 Å². The number of nitrogens with one attached hydrogen (secondary N) is 2. The third-order valence-electron chi connectivity index (χ3n) is 4.15. The highest BCUT2D eigenvalue weighted by Crippen LogP contribution is 2.21. The van der Waals surface area contributed by atoms with Crippen LogP contribution in [0.5, 0.6) is 0 Å². The number of hydrogen-bond acceptors (Lipinski definition) is 2. The number of benzene rings is 2. The molecule has 0 aliphatic carbocycles. The number of halogens is 2. The molecule has 0 aromatic heterocycles. The van der Waals surface area contributed by atoms with Gasteiger partial charge in [-0.1, -0.05) is 35.3 Å². The fourth-order valence-corrected chi connectivity index (χ4v) is 3.00. The fourth-order valence-electron chi connectivity index (χ4n) is 2.62. The second-order valence-electron chi connectivity index (χ2n) is 6.45. The molecule has 2 aromatic carbocycles. The normalized spacial score (nSPS) is 12.1. The summed E-state index contributed by atoms with van der Waals surface area (Å²) >= 11 is 12.1. The van der Waals surface area contributed by atoms with Crippen LogP contribution in [0.3, 0.4) is 0 Å². The largest absolute Gasteiger partial charge is 0.378 e. The Morgan fingerprint density at radius 1 is 1.12 bits per heavy atom. The Hall–Kier alpha value is -1.75. The van der Waals surface area contributed by atoms with Gasteiger partial charge in [-0.05, 0) is 30.3 Å². The molecule has 0 fully saturated rings. The third-order valence-corrected chi connectivity index (χ3v) is 4.71. The van der Waals surface area contributed by atoms with Crippen molar-refractivity contribution in [3.8, 4) is 0 Å². The van der Waals surface area contributed by atoms with Crippen LogP contribution in [0.4, 0.5) is 5.69 Å². The first kappa shape index (κ1) is 19.6. The molecule has 0 aliphatic rings. The molecule has 2 aromatic rings. The van der Waals surface area contributed by atoms with E-state index in [1.165, 1.54) is 10.5 Å². The van der Waals surface area contributed by atoms with Crippen molar-refractivity contribution in [1.82, 2.24) is 5.32 Å². The fraction of sp³-hybridized carbons (Fsp3) is 0.316. The van der Waals surface area contributed by atoms with Crippen molar-refractivity contribution in [2.24, 2.45) is 0 Å². The summed E-state index contributed by atoms with van der Waals surface area (Å²) in [6.45, 7) is 0.505. The van der Waals surface area contributed by atoms with E-state index in [9.17, 15) is 4.79 Å². The first-order valence-corrected chi connectivity index (χ1v) is 8.85. The minimum atomic E-state index is -0.219. The summed E-state index contributed by atoms with van der Waals surface area (Å²) in [4.78, 5) is 15.7. The first-order valence-electron chi connectivity index (χ1n) is 8.10. The molecule has 2 rings (SSSR count). The number of anilines is 1. The van der Waals surface area contributed by atoms with Crippen LogP contribution >= 0.6 is 23.2 Å². The number of amides is 1. The molecule has 0 unspecified atom stereocenters. The molecule has 0 saturated heterocycles. The average Bonchev–Trinajstić information content (AvgIpc) is 2.57. The molecular weight excluding hydrogens is 357 g/mol. The Bertz CT molecular complexity index is 730. The lowest BCUT2D eigenvalue weighted by molar-refractivity contribution is -0.890. The molecule has 6 heteroatoms. The molecule has 0 radical (unpaired) electrons. The molecule has 0 bridgehead atoms. The third kappa shape index (κ3) is 5.11. The van der Waals surface area contributed by atoms with Crippen molar-refractivity contribution in [3.05, 3.63) is 63.6 Å². The van der Waals surface area contributed by atoms with Crippen LogP contribution in [0, 0.1) is 0 Å². The van der Waals surface area contributed by atoms with Crippen LogP contribution in [0.1, 0.15) is 22.0 Å². The van der Waals surface area contributed by atoms with Crippen LogP contribution in [0.2, 0.25) is 10.0 Å². The van der Waals surface area contributed by atoms with Gasteiger partial charge in [-0.2, -0.15) is 0 Å². The molecular formula is C19H24Cl2N3O+. The number of nitrogens with zero attached hydrogens (tertiary/aromatic N) is 1. The standard InChI is InChI=1S/C19H23Cl2N3O/c1-23(2)15-8-5-13(6-9-15)18(24(3)4)12-22-19(25)16-11-14(20)7-10-17(16)21/h5-11,18H,12H2,1-4H3,(H,22,25)/p+1/t18-/m0/s1. The summed E-state index contributed by atoms with van der Waals surface area (Å²) in [5.41, 5.74) is 2.71. The van der Waals surface area contributed by atoms with Gasteiger partial charge in [0.25, 0.3) is 5.91 Å². The second kappa shape index (κ2) is 8.56. The lowest BCUT2D eigenvalue weighted by atomic mass is 10.0. The quantitative estimate of drug-likeness (QED) is 0.808. The molecule has 25 heavy (non-hydrogen) atoms. The zero-order chi connectivity index (χ0) is 18.6. The summed E-state index contributed by atoms with van der Waals surface area (Å²) in [5, 5.41) is 3.85. The maximum Gasteiger partial charge on any atom is 0.253 e. The Labute approximate surface area is 159 Å². The van der Waals surface area contributed by atoms with Gasteiger partial charge in [0.05, 0.1) is 31.2 Å². The van der Waals surface area contributed by atoms with Crippen molar-refractivity contribution in [3.63, 3.8) is 0 Å². The second-order valence-corrected chi connectivity index (χ2v) is 7.29. The predicted octanol–water partition coefficient (Wildman–Crippen LogP) is 2.68. The summed E-state index contributed by atoms with van der Waals surface area (Å²) in [6.07, 6.45) is 0. The maximum atomic E-state index is 12.4. The van der Waals surface area contributed by atoms with Crippen LogP contribution in [0.15, 0.2) is 42.5 Å². The molecule has 0 heterocycles. The highest BCUT2D eigenvalue weighted by molar-refractivity contribution is 6.35. The molecule has 134 valence electrons. The topological polar surface area (TPSA) is 36.8 Å². The Kier molecular flexibility index (Phi) is 6.71. The van der Waals surface area contributed by atoms with Crippen molar-refractivity contribution in [2.75, 3.05) is 39.6 Å². The van der Waals surface area contributed by atoms with E-state index in [0.29, 0.717) is 22.2 Å². The van der Waals surface area contributed by atoms with Gasteiger partial charge >= 0.3 is 0 Å². The molecule has 0 saturated carbocycles. The number of carbonyl (C=O) groups excluding carboxylic acids is 1. The van der Waals surface area contributed by atoms with E-state index in [2.05, 4.69) is 48.6 Å². The molecule has 0 aliphatic heterocycles. The van der Waals surface area contributed by atoms with E-state index in [1.54, 1.807) is 18.2 Å². The zero-order valence-electron chi connectivity index (χ0n) is 14.9. The minimum Gasteiger partial charge on any atom is -0.378 e. The molecule has 2 N–H and O–H groups in total. The number of likely N-dealkylation sites (N-methyl/N-ethyl adjacent to an activating group) is 1. The zero-order valence-corrected chi connectivity index (χ0v) is 16.4. The maximum absolute atomic E-state index is 12.4. The number of carbonyl (C=O) groups is 1. The Morgan fingerprint density at radius 2 is 1.76 bits per heavy atom. The first-order chi connectivity index (χ1) is 11.8. The van der Waals surface area contributed by atoms with E-state index in [1.807, 2.05) is 14.1 Å². The smallest absolute Gasteiger partial charge is 0.253 e. The predicted molar refractivity (Wildman–Crippen MR) is 105 cm³/mol. The van der Waals surface area contributed by atoms with E-state index in [0.717, 1.165) is 5.69 Å². The minimum absolute atomic E-state index is 0.137. The summed E-state index contributed by atoms with van der Waals surface area (Å²) in [7, 11) is 8.17. The van der Waals surface area contributed by atoms with Gasteiger partial charge in [-0.25, -0.2) is 0 Å². The number of hydrogen-bond donors (Lipinski definition) is 2. The monoisotopic (exact) mass is 380 g/mol. The van der Waals surface area contributed by atoms with Crippen molar-refractivity contribution >= 4 is 34.8 Å². The van der Waals surface area contributed by atoms with Crippen molar-refractivity contribution in [1.29, 1.82) is 0 Å². The SMILES string of the molecule is CN(C)c1ccc([C@H](CNC(=O)c2cc(Cl)ccc2Cl)[NH+](C)C)cc1. The van der Waals surface area contributed by atoms with E-state index in [4.69, 9.17) is 23.2 Å². The van der Waals surface area contributed by atoms with Gasteiger partial charge in [0, 0.05) is 30.4 Å². The van der Waals surface area contributed by atoms with E-state index >= 15 is 0 Å². The molecule has 4 nitrogen and oxygen atoms in total. The summed E-state index contributed by atoms with van der Waals surface area (Å²) in [6, 6.07) is 13.4. The van der Waals surface area contributed by atoms with Crippen LogP contribution in [-0.4, -0.2) is 40.6 Å². The van der Waals surface area contributed by atoms with E-state index in [-0.39, 0.29) is 11.9 Å². The lowest BCUT2D eigenvalue weighted by Crippen LogP contribution is -3.07. The highest BCUT2D eigenvalue weighted by atomic mass is 35.5. The van der Waals surface area contributed by atoms with Gasteiger partial charge in [0.15, 0.2) is 0 Å². The van der Waals surface area contributed by atoms with Gasteiger partial charge in [-0.15, -0.1) is 0 Å². The van der Waals surface area contributed by atoms with Crippen LogP contribution in [0.25, 0.3) is 0 Å². The van der Waals surface area contributed by atoms with Gasteiger partial charge < -0.3 is 15.1 Å². The van der Waals surface area contributed by atoms with Crippen LogP contribution < -0.4 is 15.1 Å². The summed E-state index contributed by atoms with van der Waals surface area (Å²) < 4.78 is 0. The van der Waals surface area contributed by atoms with Gasteiger partial charge in [0.2, 0.25) is 0 Å². The Balaban J connectivity index is 2.11. The molecule has 1 atom stereocenters. The van der Waals surface area contributed by atoms with E-state index < -0.39 is 0 Å². The average molecular weight is 381 g/mol. The number of rotatable bonds is 6.